The van der Waals surface area contributed by atoms with Crippen LogP contribution in [-0.2, 0) is 13.5 Å². The van der Waals surface area contributed by atoms with Crippen LogP contribution in [0.5, 0.6) is 0 Å². The predicted octanol–water partition coefficient (Wildman–Crippen LogP) is 2.38. The van der Waals surface area contributed by atoms with Crippen LogP contribution in [0.3, 0.4) is 0 Å². The van der Waals surface area contributed by atoms with Crippen molar-refractivity contribution in [1.29, 1.82) is 0 Å². The van der Waals surface area contributed by atoms with Gasteiger partial charge in [-0.1, -0.05) is 11.6 Å². The number of aromatic nitrogens is 2. The van der Waals surface area contributed by atoms with Gasteiger partial charge in [0.15, 0.2) is 0 Å². The first-order valence-corrected chi connectivity index (χ1v) is 5.88. The highest BCUT2D eigenvalue weighted by molar-refractivity contribution is 7.10. The van der Waals surface area contributed by atoms with Crippen LogP contribution < -0.4 is 5.73 Å². The van der Waals surface area contributed by atoms with E-state index in [4.69, 9.17) is 17.3 Å². The molecule has 1 unspecified atom stereocenters. The van der Waals surface area contributed by atoms with Gasteiger partial charge in [-0.2, -0.15) is 5.10 Å². The number of aryl methyl sites for hydroxylation is 1. The van der Waals surface area contributed by atoms with Gasteiger partial charge in [0.2, 0.25) is 0 Å². The molecule has 0 radical (unpaired) electrons. The topological polar surface area (TPSA) is 43.8 Å². The normalized spacial score (nSPS) is 13.0. The number of nitrogens with zero attached hydrogens (tertiary/aromatic N) is 2. The molecule has 0 saturated heterocycles. The van der Waals surface area contributed by atoms with Crippen LogP contribution >= 0.6 is 22.9 Å². The Balaban J connectivity index is 2.10. The Morgan fingerprint density at radius 2 is 2.47 bits per heavy atom. The molecule has 0 spiro atoms. The maximum Gasteiger partial charge on any atom is 0.0561 e. The number of hydrogen-bond donors (Lipinski definition) is 1. The van der Waals surface area contributed by atoms with Gasteiger partial charge in [-0.05, 0) is 23.4 Å². The number of thiophene rings is 1. The molecule has 0 fully saturated rings. The Morgan fingerprint density at radius 3 is 3.00 bits per heavy atom. The van der Waals surface area contributed by atoms with E-state index in [-0.39, 0.29) is 6.04 Å². The third kappa shape index (κ3) is 2.40. The highest BCUT2D eigenvalue weighted by Crippen LogP contribution is 2.29. The van der Waals surface area contributed by atoms with Crippen LogP contribution in [0, 0.1) is 0 Å². The minimum Gasteiger partial charge on any atom is -0.323 e. The molecule has 0 saturated carbocycles. The zero-order chi connectivity index (χ0) is 10.8. The highest BCUT2D eigenvalue weighted by atomic mass is 35.5. The van der Waals surface area contributed by atoms with Gasteiger partial charge in [0.1, 0.15) is 0 Å². The molecule has 2 heterocycles. The molecule has 15 heavy (non-hydrogen) atoms. The first-order chi connectivity index (χ1) is 7.16. The van der Waals surface area contributed by atoms with E-state index in [9.17, 15) is 0 Å². The van der Waals surface area contributed by atoms with Crippen LogP contribution in [0.2, 0.25) is 5.02 Å². The standard InChI is InChI=1S/C10H12ClN3S/c1-14-6-7(5-13-14)4-9(12)10-8(11)2-3-15-10/h2-3,5-6,9H,4,12H2,1H3. The van der Waals surface area contributed by atoms with E-state index >= 15 is 0 Å². The number of rotatable bonds is 3. The summed E-state index contributed by atoms with van der Waals surface area (Å²) in [5, 5.41) is 6.82. The molecule has 2 rings (SSSR count). The van der Waals surface area contributed by atoms with E-state index in [0.29, 0.717) is 0 Å². The summed E-state index contributed by atoms with van der Waals surface area (Å²) < 4.78 is 1.78. The lowest BCUT2D eigenvalue weighted by Crippen LogP contribution is -2.11. The van der Waals surface area contributed by atoms with Gasteiger partial charge in [-0.25, -0.2) is 0 Å². The van der Waals surface area contributed by atoms with Crippen LogP contribution in [-0.4, -0.2) is 9.78 Å². The molecule has 2 N–H and O–H groups in total. The summed E-state index contributed by atoms with van der Waals surface area (Å²) in [4.78, 5) is 1.04. The number of hydrogen-bond acceptors (Lipinski definition) is 3. The Hall–Kier alpha value is -0.840. The molecule has 3 nitrogen and oxygen atoms in total. The monoisotopic (exact) mass is 241 g/mol. The smallest absolute Gasteiger partial charge is 0.0561 e. The molecule has 0 aromatic carbocycles. The third-order valence-electron chi connectivity index (χ3n) is 2.20. The maximum absolute atomic E-state index is 6.07. The molecule has 0 amide bonds. The minimum atomic E-state index is -0.0401. The van der Waals surface area contributed by atoms with Crippen molar-refractivity contribution in [3.63, 3.8) is 0 Å². The van der Waals surface area contributed by atoms with Crippen molar-refractivity contribution in [3.05, 3.63) is 39.3 Å². The highest BCUT2D eigenvalue weighted by Gasteiger charge is 2.12. The zero-order valence-electron chi connectivity index (χ0n) is 8.35. The second-order valence-corrected chi connectivity index (χ2v) is 4.82. The quantitative estimate of drug-likeness (QED) is 0.897. The molecule has 0 aliphatic heterocycles. The Labute approximate surface area is 97.5 Å². The molecular formula is C10H12ClN3S. The summed E-state index contributed by atoms with van der Waals surface area (Å²) in [6.07, 6.45) is 4.58. The molecule has 1 atom stereocenters. The Kier molecular flexibility index (Phi) is 3.09. The molecular weight excluding hydrogens is 230 g/mol. The van der Waals surface area contributed by atoms with Crippen LogP contribution in [0.15, 0.2) is 23.8 Å². The van der Waals surface area contributed by atoms with Crippen molar-refractivity contribution in [1.82, 2.24) is 9.78 Å². The van der Waals surface area contributed by atoms with Crippen molar-refractivity contribution < 1.29 is 0 Å². The van der Waals surface area contributed by atoms with E-state index in [1.807, 2.05) is 30.9 Å². The van der Waals surface area contributed by atoms with Crippen molar-refractivity contribution in [2.75, 3.05) is 0 Å². The first kappa shape index (κ1) is 10.7. The lowest BCUT2D eigenvalue weighted by atomic mass is 10.1. The largest absolute Gasteiger partial charge is 0.323 e. The van der Waals surface area contributed by atoms with Crippen molar-refractivity contribution >= 4 is 22.9 Å². The number of nitrogens with two attached hydrogens (primary N) is 1. The lowest BCUT2D eigenvalue weighted by molar-refractivity contribution is 0.732. The second-order valence-electron chi connectivity index (χ2n) is 3.47. The van der Waals surface area contributed by atoms with E-state index in [1.165, 1.54) is 0 Å². The summed E-state index contributed by atoms with van der Waals surface area (Å²) in [6.45, 7) is 0. The zero-order valence-corrected chi connectivity index (χ0v) is 9.92. The Bertz CT molecular complexity index is 449. The van der Waals surface area contributed by atoms with Crippen LogP contribution in [0.4, 0.5) is 0 Å². The van der Waals surface area contributed by atoms with E-state index in [1.54, 1.807) is 16.0 Å². The Morgan fingerprint density at radius 1 is 1.67 bits per heavy atom. The second kappa shape index (κ2) is 4.35. The van der Waals surface area contributed by atoms with Gasteiger partial charge in [0.05, 0.1) is 11.2 Å². The molecule has 80 valence electrons. The predicted molar refractivity (Wildman–Crippen MR) is 63.2 cm³/mol. The lowest BCUT2D eigenvalue weighted by Gasteiger charge is -2.08. The number of halogens is 1. The van der Waals surface area contributed by atoms with E-state index < -0.39 is 0 Å². The molecule has 0 bridgehead atoms. The molecule has 2 aromatic rings. The van der Waals surface area contributed by atoms with Gasteiger partial charge in [0, 0.05) is 24.2 Å². The SMILES string of the molecule is Cn1cc(CC(N)c2sccc2Cl)cn1. The molecule has 0 aliphatic carbocycles. The fourth-order valence-corrected chi connectivity index (χ4v) is 2.69. The summed E-state index contributed by atoms with van der Waals surface area (Å²) in [6, 6.07) is 1.84. The summed E-state index contributed by atoms with van der Waals surface area (Å²) in [5.74, 6) is 0. The average molecular weight is 242 g/mol. The first-order valence-electron chi connectivity index (χ1n) is 4.63. The van der Waals surface area contributed by atoms with Crippen molar-refractivity contribution in [2.24, 2.45) is 12.8 Å². The van der Waals surface area contributed by atoms with Crippen LogP contribution in [0.25, 0.3) is 0 Å². The average Bonchev–Trinajstić information content (AvgIpc) is 2.75. The van der Waals surface area contributed by atoms with E-state index in [2.05, 4.69) is 5.10 Å². The van der Waals surface area contributed by atoms with E-state index in [0.717, 1.165) is 21.9 Å². The molecule has 0 aliphatic rings. The maximum atomic E-state index is 6.07. The van der Waals surface area contributed by atoms with Gasteiger partial charge in [-0.3, -0.25) is 4.68 Å². The van der Waals surface area contributed by atoms with Crippen LogP contribution in [0.1, 0.15) is 16.5 Å². The van der Waals surface area contributed by atoms with Gasteiger partial charge >= 0.3 is 0 Å². The molecule has 2 aromatic heterocycles. The van der Waals surface area contributed by atoms with Gasteiger partial charge < -0.3 is 5.73 Å². The van der Waals surface area contributed by atoms with Gasteiger partial charge in [0.25, 0.3) is 0 Å². The third-order valence-corrected chi connectivity index (χ3v) is 3.69. The fourth-order valence-electron chi connectivity index (χ4n) is 1.49. The summed E-state index contributed by atoms with van der Waals surface area (Å²) in [7, 11) is 1.90. The van der Waals surface area contributed by atoms with Gasteiger partial charge in [-0.15, -0.1) is 11.3 Å². The van der Waals surface area contributed by atoms with Crippen molar-refractivity contribution in [3.8, 4) is 0 Å². The fraction of sp³-hybridized carbons (Fsp3) is 0.300. The minimum absolute atomic E-state index is 0.0401. The molecule has 5 heteroatoms. The summed E-state index contributed by atoms with van der Waals surface area (Å²) >= 11 is 7.62. The summed E-state index contributed by atoms with van der Waals surface area (Å²) in [5.41, 5.74) is 7.20. The van der Waals surface area contributed by atoms with Crippen molar-refractivity contribution in [2.45, 2.75) is 12.5 Å².